The Morgan fingerprint density at radius 2 is 1.93 bits per heavy atom. The molecule has 1 saturated heterocycles. The van der Waals surface area contributed by atoms with Crippen LogP contribution in [-0.2, 0) is 10.1 Å². The summed E-state index contributed by atoms with van der Waals surface area (Å²) < 4.78 is 30.0. The maximum atomic E-state index is 10.7. The standard InChI is InChI=1S/C9H17NO3S/c11-14(12,13)7-9-3-4-10(6-9)5-8-1-2-8/h8-9H,1-7H2,(H,11,12,13). The zero-order valence-corrected chi connectivity index (χ0v) is 9.04. The Morgan fingerprint density at radius 3 is 2.50 bits per heavy atom. The highest BCUT2D eigenvalue weighted by atomic mass is 32.2. The van der Waals surface area contributed by atoms with Gasteiger partial charge in [0.25, 0.3) is 10.1 Å². The first-order valence-corrected chi connectivity index (χ1v) is 6.81. The highest BCUT2D eigenvalue weighted by Crippen LogP contribution is 2.31. The second kappa shape index (κ2) is 3.79. The highest BCUT2D eigenvalue weighted by molar-refractivity contribution is 7.85. The Labute approximate surface area is 85.0 Å². The van der Waals surface area contributed by atoms with Gasteiger partial charge in [0.15, 0.2) is 0 Å². The molecule has 0 aromatic carbocycles. The monoisotopic (exact) mass is 219 g/mol. The Morgan fingerprint density at radius 1 is 1.21 bits per heavy atom. The van der Waals surface area contributed by atoms with Crippen LogP contribution in [0.1, 0.15) is 19.3 Å². The zero-order chi connectivity index (χ0) is 10.2. The first kappa shape index (κ1) is 10.4. The van der Waals surface area contributed by atoms with Gasteiger partial charge in [0.05, 0.1) is 5.75 Å². The van der Waals surface area contributed by atoms with E-state index in [4.69, 9.17) is 4.55 Å². The SMILES string of the molecule is O=S(=O)(O)CC1CCN(CC2CC2)C1. The molecule has 0 amide bonds. The minimum Gasteiger partial charge on any atom is -0.303 e. The van der Waals surface area contributed by atoms with Gasteiger partial charge in [0, 0.05) is 13.1 Å². The first-order chi connectivity index (χ1) is 6.53. The van der Waals surface area contributed by atoms with E-state index in [1.807, 2.05) is 0 Å². The van der Waals surface area contributed by atoms with Crippen LogP contribution in [0.5, 0.6) is 0 Å². The van der Waals surface area contributed by atoms with Crippen LogP contribution in [-0.4, -0.2) is 43.3 Å². The van der Waals surface area contributed by atoms with E-state index in [1.54, 1.807) is 0 Å². The lowest BCUT2D eigenvalue weighted by molar-refractivity contribution is 0.314. The largest absolute Gasteiger partial charge is 0.303 e. The van der Waals surface area contributed by atoms with E-state index in [1.165, 1.54) is 12.8 Å². The zero-order valence-electron chi connectivity index (χ0n) is 8.22. The second-order valence-corrected chi connectivity index (χ2v) is 6.10. The average Bonchev–Trinajstić information content (AvgIpc) is 2.71. The quantitative estimate of drug-likeness (QED) is 0.704. The maximum absolute atomic E-state index is 10.7. The Hall–Kier alpha value is -0.130. The van der Waals surface area contributed by atoms with E-state index < -0.39 is 10.1 Å². The van der Waals surface area contributed by atoms with Gasteiger partial charge in [-0.15, -0.1) is 0 Å². The molecule has 2 fully saturated rings. The van der Waals surface area contributed by atoms with Gasteiger partial charge < -0.3 is 4.90 Å². The molecule has 0 aromatic heterocycles. The lowest BCUT2D eigenvalue weighted by Gasteiger charge is -2.14. The van der Waals surface area contributed by atoms with Gasteiger partial charge in [-0.3, -0.25) is 4.55 Å². The van der Waals surface area contributed by atoms with E-state index >= 15 is 0 Å². The summed E-state index contributed by atoms with van der Waals surface area (Å²) in [5, 5.41) is 0. The third-order valence-corrected chi connectivity index (χ3v) is 3.92. The first-order valence-electron chi connectivity index (χ1n) is 5.20. The van der Waals surface area contributed by atoms with Gasteiger partial charge in [-0.25, -0.2) is 0 Å². The molecule has 0 spiro atoms. The molecule has 82 valence electrons. The van der Waals surface area contributed by atoms with Gasteiger partial charge in [-0.2, -0.15) is 8.42 Å². The molecule has 0 radical (unpaired) electrons. The van der Waals surface area contributed by atoms with Crippen LogP contribution in [0.25, 0.3) is 0 Å². The summed E-state index contributed by atoms with van der Waals surface area (Å²) in [5.41, 5.74) is 0. The van der Waals surface area contributed by atoms with E-state index in [0.717, 1.165) is 32.0 Å². The molecule has 5 heteroatoms. The average molecular weight is 219 g/mol. The van der Waals surface area contributed by atoms with Crippen LogP contribution in [0.15, 0.2) is 0 Å². The van der Waals surface area contributed by atoms with Crippen molar-refractivity contribution >= 4 is 10.1 Å². The Bertz CT molecular complexity index is 297. The Kier molecular flexibility index (Phi) is 2.81. The number of hydrogen-bond donors (Lipinski definition) is 1. The molecular weight excluding hydrogens is 202 g/mol. The van der Waals surface area contributed by atoms with Gasteiger partial charge in [0.1, 0.15) is 0 Å². The number of nitrogens with zero attached hydrogens (tertiary/aromatic N) is 1. The molecular formula is C9H17NO3S. The molecule has 1 aliphatic heterocycles. The van der Waals surface area contributed by atoms with Gasteiger partial charge in [-0.1, -0.05) is 0 Å². The lowest BCUT2D eigenvalue weighted by atomic mass is 10.2. The predicted octanol–water partition coefficient (Wildman–Crippen LogP) is 0.606. The maximum Gasteiger partial charge on any atom is 0.265 e. The number of hydrogen-bond acceptors (Lipinski definition) is 3. The summed E-state index contributed by atoms with van der Waals surface area (Å²) in [4.78, 5) is 2.33. The minimum atomic E-state index is -3.77. The summed E-state index contributed by atoms with van der Waals surface area (Å²) in [5.74, 6) is 0.942. The molecule has 0 aromatic rings. The molecule has 1 heterocycles. The van der Waals surface area contributed by atoms with Crippen molar-refractivity contribution in [2.75, 3.05) is 25.4 Å². The fourth-order valence-corrected chi connectivity index (χ4v) is 3.05. The van der Waals surface area contributed by atoms with Crippen molar-refractivity contribution in [1.29, 1.82) is 0 Å². The molecule has 1 atom stereocenters. The third-order valence-electron chi connectivity index (χ3n) is 3.03. The van der Waals surface area contributed by atoms with Crippen LogP contribution in [0, 0.1) is 11.8 Å². The van der Waals surface area contributed by atoms with E-state index in [9.17, 15) is 8.42 Å². The minimum absolute atomic E-state index is 0.0613. The summed E-state index contributed by atoms with van der Waals surface area (Å²) >= 11 is 0. The number of rotatable bonds is 4. The van der Waals surface area contributed by atoms with Crippen molar-refractivity contribution in [2.45, 2.75) is 19.3 Å². The molecule has 4 nitrogen and oxygen atoms in total. The molecule has 1 aliphatic carbocycles. The summed E-state index contributed by atoms with van der Waals surface area (Å²) in [7, 11) is -3.77. The highest BCUT2D eigenvalue weighted by Gasteiger charge is 2.30. The van der Waals surface area contributed by atoms with Crippen molar-refractivity contribution in [3.05, 3.63) is 0 Å². The Balaban J connectivity index is 1.76. The molecule has 1 saturated carbocycles. The van der Waals surface area contributed by atoms with Crippen molar-refractivity contribution < 1.29 is 13.0 Å². The van der Waals surface area contributed by atoms with Crippen molar-refractivity contribution in [3.63, 3.8) is 0 Å². The molecule has 2 aliphatic rings. The normalized spacial score (nSPS) is 29.6. The van der Waals surface area contributed by atoms with Crippen molar-refractivity contribution in [1.82, 2.24) is 4.90 Å². The van der Waals surface area contributed by atoms with Gasteiger partial charge >= 0.3 is 0 Å². The van der Waals surface area contributed by atoms with Crippen molar-refractivity contribution in [2.24, 2.45) is 11.8 Å². The summed E-state index contributed by atoms with van der Waals surface area (Å²) in [6, 6.07) is 0. The van der Waals surface area contributed by atoms with Crippen LogP contribution < -0.4 is 0 Å². The van der Waals surface area contributed by atoms with E-state index in [2.05, 4.69) is 4.90 Å². The topological polar surface area (TPSA) is 57.6 Å². The fourth-order valence-electron chi connectivity index (χ4n) is 2.18. The lowest BCUT2D eigenvalue weighted by Crippen LogP contribution is -2.25. The van der Waals surface area contributed by atoms with Crippen molar-refractivity contribution in [3.8, 4) is 0 Å². The van der Waals surface area contributed by atoms with E-state index in [0.29, 0.717) is 0 Å². The van der Waals surface area contributed by atoms with Gasteiger partial charge in [0.2, 0.25) is 0 Å². The van der Waals surface area contributed by atoms with Gasteiger partial charge in [-0.05, 0) is 37.6 Å². The second-order valence-electron chi connectivity index (χ2n) is 4.61. The molecule has 1 N–H and O–H groups in total. The fraction of sp³-hybridized carbons (Fsp3) is 1.00. The molecule has 0 bridgehead atoms. The summed E-state index contributed by atoms with van der Waals surface area (Å²) in [6.07, 6.45) is 3.57. The van der Waals surface area contributed by atoms with Crippen LogP contribution in [0.2, 0.25) is 0 Å². The summed E-state index contributed by atoms with van der Waals surface area (Å²) in [6.45, 7) is 2.97. The third kappa shape index (κ3) is 3.22. The van der Waals surface area contributed by atoms with E-state index in [-0.39, 0.29) is 11.7 Å². The molecule has 1 unspecified atom stereocenters. The molecule has 2 rings (SSSR count). The van der Waals surface area contributed by atoms with Crippen LogP contribution >= 0.6 is 0 Å². The predicted molar refractivity (Wildman–Crippen MR) is 53.7 cm³/mol. The smallest absolute Gasteiger partial charge is 0.265 e. The van der Waals surface area contributed by atoms with Crippen LogP contribution in [0.4, 0.5) is 0 Å². The number of likely N-dealkylation sites (tertiary alicyclic amines) is 1. The molecule has 14 heavy (non-hydrogen) atoms. The van der Waals surface area contributed by atoms with Crippen LogP contribution in [0.3, 0.4) is 0 Å².